The number of anilines is 1. The number of hydrogen-bond acceptors (Lipinski definition) is 6. The minimum Gasteiger partial charge on any atom is -0.497 e. The van der Waals surface area contributed by atoms with E-state index in [1.165, 1.54) is 17.0 Å². The molecule has 0 aromatic heterocycles. The van der Waals surface area contributed by atoms with Gasteiger partial charge in [-0.25, -0.2) is 12.8 Å². The zero-order valence-corrected chi connectivity index (χ0v) is 24.5. The van der Waals surface area contributed by atoms with Crippen LogP contribution in [0.5, 0.6) is 11.5 Å². The molecule has 0 radical (unpaired) electrons. The lowest BCUT2D eigenvalue weighted by Gasteiger charge is -2.32. The first-order valence-electron chi connectivity index (χ1n) is 13.3. The van der Waals surface area contributed by atoms with E-state index in [1.54, 1.807) is 50.4 Å². The lowest BCUT2D eigenvalue weighted by Crippen LogP contribution is -2.51. The Balaban J connectivity index is 2.01. The van der Waals surface area contributed by atoms with Gasteiger partial charge >= 0.3 is 0 Å². The number of nitrogens with one attached hydrogen (secondary N) is 1. The third kappa shape index (κ3) is 8.20. The lowest BCUT2D eigenvalue weighted by atomic mass is 10.1. The van der Waals surface area contributed by atoms with E-state index in [4.69, 9.17) is 9.47 Å². The molecule has 41 heavy (non-hydrogen) atoms. The maximum atomic E-state index is 13.9. The molecule has 11 heteroatoms. The molecule has 1 unspecified atom stereocenters. The Morgan fingerprint density at radius 1 is 0.927 bits per heavy atom. The summed E-state index contributed by atoms with van der Waals surface area (Å²) in [5.41, 5.74) is 0.932. The molecule has 220 valence electrons. The van der Waals surface area contributed by atoms with Crippen LogP contribution in [0.4, 0.5) is 10.1 Å². The molecule has 9 nitrogen and oxygen atoms in total. The number of nitrogens with zero attached hydrogens (tertiary/aromatic N) is 2. The average molecular weight is 586 g/mol. The van der Waals surface area contributed by atoms with Crippen molar-refractivity contribution in [1.82, 2.24) is 10.2 Å². The van der Waals surface area contributed by atoms with E-state index in [2.05, 4.69) is 5.32 Å². The summed E-state index contributed by atoms with van der Waals surface area (Å²) in [5.74, 6) is -0.385. The highest BCUT2D eigenvalue weighted by molar-refractivity contribution is 7.92. The van der Waals surface area contributed by atoms with Gasteiger partial charge in [0.05, 0.1) is 24.3 Å². The van der Waals surface area contributed by atoms with Gasteiger partial charge in [0.1, 0.15) is 29.9 Å². The van der Waals surface area contributed by atoms with Gasteiger partial charge in [-0.15, -0.1) is 0 Å². The second kappa shape index (κ2) is 14.5. The van der Waals surface area contributed by atoms with Gasteiger partial charge in [-0.05, 0) is 86.5 Å². The Kier molecular flexibility index (Phi) is 11.1. The van der Waals surface area contributed by atoms with Crippen LogP contribution in [-0.4, -0.2) is 58.0 Å². The minimum atomic E-state index is -4.31. The molecule has 0 spiro atoms. The Hall–Kier alpha value is -4.12. The van der Waals surface area contributed by atoms with Crippen LogP contribution in [0.2, 0.25) is 0 Å². The van der Waals surface area contributed by atoms with Crippen molar-refractivity contribution in [3.05, 3.63) is 84.2 Å². The molecule has 0 aliphatic heterocycles. The van der Waals surface area contributed by atoms with Gasteiger partial charge in [-0.2, -0.15) is 0 Å². The lowest BCUT2D eigenvalue weighted by molar-refractivity contribution is -0.139. The second-order valence-corrected chi connectivity index (χ2v) is 11.1. The van der Waals surface area contributed by atoms with Crippen LogP contribution in [0.25, 0.3) is 0 Å². The Labute approximate surface area is 240 Å². The molecule has 3 rings (SSSR count). The van der Waals surface area contributed by atoms with Crippen LogP contribution in [0.1, 0.15) is 32.8 Å². The molecule has 1 atom stereocenters. The van der Waals surface area contributed by atoms with E-state index in [9.17, 15) is 22.4 Å². The quantitative estimate of drug-likeness (QED) is 0.301. The number of hydrogen-bond donors (Lipinski definition) is 1. The Morgan fingerprint density at radius 2 is 1.54 bits per heavy atom. The average Bonchev–Trinajstić information content (AvgIpc) is 2.98. The van der Waals surface area contributed by atoms with Gasteiger partial charge in [0.2, 0.25) is 11.8 Å². The summed E-state index contributed by atoms with van der Waals surface area (Å²) in [6.07, 6.45) is 0.715. The summed E-state index contributed by atoms with van der Waals surface area (Å²) in [6, 6.07) is 16.8. The first-order chi connectivity index (χ1) is 19.6. The fourth-order valence-electron chi connectivity index (χ4n) is 4.04. The summed E-state index contributed by atoms with van der Waals surface area (Å²) in [6.45, 7) is 5.65. The number of benzene rings is 3. The minimum absolute atomic E-state index is 0.0528. The molecule has 0 fully saturated rings. The predicted octanol–water partition coefficient (Wildman–Crippen LogP) is 4.37. The topological polar surface area (TPSA) is 105 Å². The maximum absolute atomic E-state index is 13.9. The fraction of sp³-hybridized carbons (Fsp3) is 0.333. The number of amides is 2. The zero-order valence-electron chi connectivity index (χ0n) is 23.7. The smallest absolute Gasteiger partial charge is 0.264 e. The molecule has 0 saturated heterocycles. The Bertz CT molecular complexity index is 1400. The van der Waals surface area contributed by atoms with Gasteiger partial charge in [-0.3, -0.25) is 13.9 Å². The third-order valence-electron chi connectivity index (χ3n) is 6.34. The predicted molar refractivity (Wildman–Crippen MR) is 155 cm³/mol. The van der Waals surface area contributed by atoms with Crippen molar-refractivity contribution in [2.45, 2.75) is 44.7 Å². The largest absolute Gasteiger partial charge is 0.497 e. The second-order valence-electron chi connectivity index (χ2n) is 9.23. The van der Waals surface area contributed by atoms with Gasteiger partial charge in [0.15, 0.2) is 0 Å². The van der Waals surface area contributed by atoms with Crippen LogP contribution >= 0.6 is 0 Å². The van der Waals surface area contributed by atoms with E-state index < -0.39 is 34.3 Å². The highest BCUT2D eigenvalue weighted by atomic mass is 32.2. The molecule has 0 saturated carbocycles. The van der Waals surface area contributed by atoms with Crippen molar-refractivity contribution in [3.63, 3.8) is 0 Å². The first-order valence-corrected chi connectivity index (χ1v) is 14.8. The van der Waals surface area contributed by atoms with Gasteiger partial charge in [-0.1, -0.05) is 19.1 Å². The summed E-state index contributed by atoms with van der Waals surface area (Å²) in [5, 5.41) is 2.80. The van der Waals surface area contributed by atoms with Crippen molar-refractivity contribution in [2.24, 2.45) is 0 Å². The van der Waals surface area contributed by atoms with E-state index in [0.717, 1.165) is 34.1 Å². The van der Waals surface area contributed by atoms with Crippen LogP contribution in [0.15, 0.2) is 77.7 Å². The molecule has 2 amide bonds. The number of sulfonamides is 1. The highest BCUT2D eigenvalue weighted by Gasteiger charge is 2.32. The van der Waals surface area contributed by atoms with Gasteiger partial charge < -0.3 is 19.7 Å². The summed E-state index contributed by atoms with van der Waals surface area (Å²) in [7, 11) is -2.76. The maximum Gasteiger partial charge on any atom is 0.264 e. The molecule has 0 aliphatic carbocycles. The van der Waals surface area contributed by atoms with E-state index in [-0.39, 0.29) is 23.0 Å². The molecule has 0 heterocycles. The molecule has 1 N–H and O–H groups in total. The van der Waals surface area contributed by atoms with Crippen LogP contribution < -0.4 is 19.1 Å². The van der Waals surface area contributed by atoms with Gasteiger partial charge in [0.25, 0.3) is 10.0 Å². The zero-order chi connectivity index (χ0) is 30.0. The Morgan fingerprint density at radius 3 is 2.10 bits per heavy atom. The monoisotopic (exact) mass is 585 g/mol. The number of rotatable bonds is 14. The van der Waals surface area contributed by atoms with Gasteiger partial charge in [0, 0.05) is 13.1 Å². The van der Waals surface area contributed by atoms with Crippen molar-refractivity contribution in [2.75, 3.05) is 31.1 Å². The fourth-order valence-corrected chi connectivity index (χ4v) is 5.46. The normalized spacial score (nSPS) is 11.8. The van der Waals surface area contributed by atoms with E-state index >= 15 is 0 Å². The molecular formula is C30H36FN3O6S. The van der Waals surface area contributed by atoms with Crippen LogP contribution in [0.3, 0.4) is 0 Å². The standard InChI is InChI=1S/C30H36FN3O6S/c1-5-19-32-30(36)22(3)33(20-23-7-13-26(39-4)14-8-23)29(35)21-34(25-11-15-27(16-12-25)40-6-2)41(37,38)28-17-9-24(31)10-18-28/h7-18,22H,5-6,19-21H2,1-4H3,(H,32,36). The molecule has 3 aromatic carbocycles. The van der Waals surface area contributed by atoms with E-state index in [0.29, 0.717) is 31.1 Å². The number of halogens is 1. The van der Waals surface area contributed by atoms with Crippen molar-refractivity contribution >= 4 is 27.5 Å². The summed E-state index contributed by atoms with van der Waals surface area (Å²) >= 11 is 0. The van der Waals surface area contributed by atoms with Crippen LogP contribution in [-0.2, 0) is 26.2 Å². The number of carbonyl (C=O) groups is 2. The summed E-state index contributed by atoms with van der Waals surface area (Å²) < 4.78 is 52.8. The molecule has 0 bridgehead atoms. The van der Waals surface area contributed by atoms with Crippen molar-refractivity contribution in [3.8, 4) is 11.5 Å². The molecule has 0 aliphatic rings. The van der Waals surface area contributed by atoms with Crippen molar-refractivity contribution in [1.29, 1.82) is 0 Å². The number of ether oxygens (including phenoxy) is 2. The third-order valence-corrected chi connectivity index (χ3v) is 8.13. The van der Waals surface area contributed by atoms with Crippen molar-refractivity contribution < 1.29 is 31.9 Å². The molecule has 3 aromatic rings. The number of carbonyl (C=O) groups excluding carboxylic acids is 2. The SMILES string of the molecule is CCCNC(=O)C(C)N(Cc1ccc(OC)cc1)C(=O)CN(c1ccc(OCC)cc1)S(=O)(=O)c1ccc(F)cc1. The first kappa shape index (κ1) is 31.4. The highest BCUT2D eigenvalue weighted by Crippen LogP contribution is 2.27. The van der Waals surface area contributed by atoms with Crippen LogP contribution in [0, 0.1) is 5.82 Å². The number of methoxy groups -OCH3 is 1. The molecular weight excluding hydrogens is 549 g/mol. The summed E-state index contributed by atoms with van der Waals surface area (Å²) in [4.78, 5) is 28.0. The van der Waals surface area contributed by atoms with E-state index in [1.807, 2.05) is 13.8 Å².